The van der Waals surface area contributed by atoms with E-state index >= 15 is 0 Å². The fraction of sp³-hybridized carbons (Fsp3) is 0.294. The summed E-state index contributed by atoms with van der Waals surface area (Å²) in [6.07, 6.45) is 0.743. The van der Waals surface area contributed by atoms with Crippen molar-refractivity contribution in [2.75, 3.05) is 0 Å². The van der Waals surface area contributed by atoms with Crippen molar-refractivity contribution in [3.8, 4) is 0 Å². The molecule has 2 N–H and O–H groups in total. The largest absolute Gasteiger partial charge is 0.324 e. The van der Waals surface area contributed by atoms with Gasteiger partial charge in [-0.2, -0.15) is 0 Å². The van der Waals surface area contributed by atoms with Crippen molar-refractivity contribution in [1.82, 2.24) is 0 Å². The first-order chi connectivity index (χ1) is 9.47. The molecule has 1 atom stereocenters. The van der Waals surface area contributed by atoms with Crippen LogP contribution in [0.4, 0.5) is 0 Å². The van der Waals surface area contributed by atoms with Crippen LogP contribution < -0.4 is 5.73 Å². The molecule has 0 radical (unpaired) electrons. The normalized spacial score (nSPS) is 12.7. The number of nitrogens with two attached hydrogens (primary N) is 1. The molecule has 20 heavy (non-hydrogen) atoms. The van der Waals surface area contributed by atoms with Crippen LogP contribution in [0.1, 0.15) is 42.5 Å². The van der Waals surface area contributed by atoms with Crippen molar-refractivity contribution in [2.45, 2.75) is 32.2 Å². The summed E-state index contributed by atoms with van der Waals surface area (Å²) in [7, 11) is 0. The zero-order valence-electron chi connectivity index (χ0n) is 11.7. The van der Waals surface area contributed by atoms with Crippen molar-refractivity contribution in [1.29, 1.82) is 0 Å². The molecular weight excluding hydrogens is 334 g/mol. The van der Waals surface area contributed by atoms with Crippen LogP contribution in [0.5, 0.6) is 0 Å². The molecule has 0 fully saturated rings. The summed E-state index contributed by atoms with van der Waals surface area (Å²) in [5.41, 5.74) is 9.85. The van der Waals surface area contributed by atoms with E-state index in [0.717, 1.165) is 27.0 Å². The monoisotopic (exact) mass is 351 g/mol. The third kappa shape index (κ3) is 3.85. The summed E-state index contributed by atoms with van der Waals surface area (Å²) in [4.78, 5) is 0. The van der Waals surface area contributed by atoms with Gasteiger partial charge in [0.15, 0.2) is 0 Å². The SMILES string of the molecule is CC(C)c1ccc(C(N)Cc2ccc(Br)cc2Cl)cc1. The predicted molar refractivity (Wildman–Crippen MR) is 90.3 cm³/mol. The van der Waals surface area contributed by atoms with Gasteiger partial charge in [0, 0.05) is 15.5 Å². The van der Waals surface area contributed by atoms with E-state index in [0.29, 0.717) is 5.92 Å². The first kappa shape index (κ1) is 15.6. The van der Waals surface area contributed by atoms with Crippen molar-refractivity contribution in [3.05, 3.63) is 68.7 Å². The minimum absolute atomic E-state index is 0.0325. The predicted octanol–water partition coefficient (Wildman–Crippen LogP) is 5.47. The van der Waals surface area contributed by atoms with Crippen LogP contribution in [0, 0.1) is 0 Å². The van der Waals surface area contributed by atoms with E-state index in [1.165, 1.54) is 5.56 Å². The van der Waals surface area contributed by atoms with Crippen LogP contribution >= 0.6 is 27.5 Å². The molecule has 0 spiro atoms. The Hall–Kier alpha value is -0.830. The third-order valence-corrected chi connectivity index (χ3v) is 4.33. The number of hydrogen-bond donors (Lipinski definition) is 1. The Kier molecular flexibility index (Phi) is 5.25. The molecule has 0 aliphatic rings. The molecule has 3 heteroatoms. The standard InChI is InChI=1S/C17H19BrClN/c1-11(2)12-3-5-13(6-4-12)17(20)9-14-7-8-15(18)10-16(14)19/h3-8,10-11,17H,9,20H2,1-2H3. The van der Waals surface area contributed by atoms with Gasteiger partial charge in [0.05, 0.1) is 0 Å². The van der Waals surface area contributed by atoms with Crippen molar-refractivity contribution < 1.29 is 0 Å². The van der Waals surface area contributed by atoms with Gasteiger partial charge in [0.1, 0.15) is 0 Å². The number of rotatable bonds is 4. The summed E-state index contributed by atoms with van der Waals surface area (Å²) in [6.45, 7) is 4.38. The molecule has 0 heterocycles. The highest BCUT2D eigenvalue weighted by molar-refractivity contribution is 9.10. The fourth-order valence-electron chi connectivity index (χ4n) is 2.17. The van der Waals surface area contributed by atoms with Gasteiger partial charge in [0.2, 0.25) is 0 Å². The quantitative estimate of drug-likeness (QED) is 0.776. The number of benzene rings is 2. The van der Waals surface area contributed by atoms with Crippen LogP contribution in [0.25, 0.3) is 0 Å². The molecule has 0 bridgehead atoms. The van der Waals surface area contributed by atoms with Crippen LogP contribution in [0.15, 0.2) is 46.9 Å². The van der Waals surface area contributed by atoms with Gasteiger partial charge < -0.3 is 5.73 Å². The third-order valence-electron chi connectivity index (χ3n) is 3.49. The lowest BCUT2D eigenvalue weighted by molar-refractivity contribution is 0.720. The Labute approximate surface area is 134 Å². The molecule has 0 saturated heterocycles. The van der Waals surface area contributed by atoms with Gasteiger partial charge in [-0.25, -0.2) is 0 Å². The zero-order chi connectivity index (χ0) is 14.7. The van der Waals surface area contributed by atoms with E-state index < -0.39 is 0 Å². The van der Waals surface area contributed by atoms with Crippen LogP contribution in [0.2, 0.25) is 5.02 Å². The van der Waals surface area contributed by atoms with Crippen molar-refractivity contribution in [3.63, 3.8) is 0 Å². The molecule has 1 nitrogen and oxygen atoms in total. The Morgan fingerprint density at radius 2 is 1.65 bits per heavy atom. The average Bonchev–Trinajstić information content (AvgIpc) is 2.42. The minimum Gasteiger partial charge on any atom is -0.324 e. The highest BCUT2D eigenvalue weighted by atomic mass is 79.9. The second-order valence-electron chi connectivity index (χ2n) is 5.37. The average molecular weight is 353 g/mol. The lowest BCUT2D eigenvalue weighted by atomic mass is 9.96. The zero-order valence-corrected chi connectivity index (χ0v) is 14.1. The van der Waals surface area contributed by atoms with E-state index in [4.69, 9.17) is 17.3 Å². The molecule has 0 amide bonds. The molecule has 106 valence electrons. The highest BCUT2D eigenvalue weighted by Gasteiger charge is 2.10. The van der Waals surface area contributed by atoms with E-state index in [9.17, 15) is 0 Å². The molecule has 0 aliphatic carbocycles. The second-order valence-corrected chi connectivity index (χ2v) is 6.69. The van der Waals surface area contributed by atoms with Crippen LogP contribution in [-0.2, 0) is 6.42 Å². The molecule has 2 aromatic rings. The molecule has 1 unspecified atom stereocenters. The maximum absolute atomic E-state index is 6.29. The van der Waals surface area contributed by atoms with Crippen LogP contribution in [0.3, 0.4) is 0 Å². The summed E-state index contributed by atoms with van der Waals surface area (Å²) < 4.78 is 0.987. The maximum Gasteiger partial charge on any atom is 0.0449 e. The first-order valence-electron chi connectivity index (χ1n) is 6.76. The maximum atomic E-state index is 6.29. The minimum atomic E-state index is -0.0325. The van der Waals surface area contributed by atoms with E-state index in [-0.39, 0.29) is 6.04 Å². The smallest absolute Gasteiger partial charge is 0.0449 e. The highest BCUT2D eigenvalue weighted by Crippen LogP contribution is 2.26. The topological polar surface area (TPSA) is 26.0 Å². The van der Waals surface area contributed by atoms with Gasteiger partial charge in [-0.05, 0) is 41.2 Å². The molecule has 0 aromatic heterocycles. The van der Waals surface area contributed by atoms with Crippen LogP contribution in [-0.4, -0.2) is 0 Å². The van der Waals surface area contributed by atoms with Gasteiger partial charge in [-0.1, -0.05) is 71.7 Å². The Morgan fingerprint density at radius 3 is 2.20 bits per heavy atom. The Morgan fingerprint density at radius 1 is 1.05 bits per heavy atom. The second kappa shape index (κ2) is 6.75. The Balaban J connectivity index is 2.13. The number of hydrogen-bond acceptors (Lipinski definition) is 1. The summed E-state index contributed by atoms with van der Waals surface area (Å²) >= 11 is 9.66. The number of halogens is 2. The molecule has 2 aromatic carbocycles. The summed E-state index contributed by atoms with van der Waals surface area (Å²) in [6, 6.07) is 14.4. The van der Waals surface area contributed by atoms with E-state index in [1.54, 1.807) is 0 Å². The van der Waals surface area contributed by atoms with Gasteiger partial charge >= 0.3 is 0 Å². The fourth-order valence-corrected chi connectivity index (χ4v) is 2.92. The van der Waals surface area contributed by atoms with Crippen molar-refractivity contribution in [2.24, 2.45) is 5.73 Å². The summed E-state index contributed by atoms with van der Waals surface area (Å²) in [5.74, 6) is 0.543. The van der Waals surface area contributed by atoms with Crippen molar-refractivity contribution >= 4 is 27.5 Å². The lowest BCUT2D eigenvalue weighted by Crippen LogP contribution is -2.13. The molecule has 0 aliphatic heterocycles. The Bertz CT molecular complexity index is 578. The first-order valence-corrected chi connectivity index (χ1v) is 7.94. The molecule has 2 rings (SSSR count). The molecular formula is C17H19BrClN. The van der Waals surface area contributed by atoms with E-state index in [2.05, 4.69) is 54.0 Å². The van der Waals surface area contributed by atoms with Gasteiger partial charge in [0.25, 0.3) is 0 Å². The van der Waals surface area contributed by atoms with Gasteiger partial charge in [-0.3, -0.25) is 0 Å². The molecule has 0 saturated carbocycles. The lowest BCUT2D eigenvalue weighted by Gasteiger charge is -2.15. The van der Waals surface area contributed by atoms with E-state index in [1.807, 2.05) is 18.2 Å². The summed E-state index contributed by atoms with van der Waals surface area (Å²) in [5, 5.41) is 0.758. The van der Waals surface area contributed by atoms with Gasteiger partial charge in [-0.15, -0.1) is 0 Å².